The number of nitrogens with zero attached hydrogens (tertiary/aromatic N) is 3. The number of nitrogens with one attached hydrogen (secondary N) is 1. The number of nitrogens with two attached hydrogens (primary N) is 1. The molecular weight excluding hydrogens is 246 g/mol. The summed E-state index contributed by atoms with van der Waals surface area (Å²) < 4.78 is 5.12. The van der Waals surface area contributed by atoms with Crippen LogP contribution >= 0.6 is 11.8 Å². The van der Waals surface area contributed by atoms with Crippen LogP contribution in [0.15, 0.2) is 9.64 Å². The van der Waals surface area contributed by atoms with E-state index in [1.165, 1.54) is 0 Å². The van der Waals surface area contributed by atoms with Gasteiger partial charge in [-0.25, -0.2) is 4.79 Å². The van der Waals surface area contributed by atoms with Gasteiger partial charge in [0.1, 0.15) is 0 Å². The van der Waals surface area contributed by atoms with Gasteiger partial charge in [-0.3, -0.25) is 9.69 Å². The number of urea groups is 1. The zero-order valence-electron chi connectivity index (χ0n) is 8.88. The normalized spacial score (nSPS) is 15.1. The molecule has 1 saturated heterocycles. The molecule has 0 atom stereocenters. The van der Waals surface area contributed by atoms with Crippen LogP contribution < -0.4 is 11.1 Å². The fraction of sp³-hybridized carbons (Fsp3) is 0.500. The number of rotatable bonds is 4. The van der Waals surface area contributed by atoms with Crippen LogP contribution in [0.4, 0.5) is 4.79 Å². The number of carbonyl (C=O) groups is 2. The minimum absolute atomic E-state index is 0.0830. The molecule has 3 N–H and O–H groups in total. The first-order valence-electron chi connectivity index (χ1n) is 4.94. The van der Waals surface area contributed by atoms with Crippen molar-refractivity contribution in [3.63, 3.8) is 0 Å². The summed E-state index contributed by atoms with van der Waals surface area (Å²) in [6, 6.07) is -0.358. The molecule has 3 amide bonds. The SMILES string of the molecule is NCc1nnc(SCC(=O)N2CCNC2=O)o1. The zero-order chi connectivity index (χ0) is 12.3. The number of aromatic nitrogens is 2. The molecule has 17 heavy (non-hydrogen) atoms. The number of hydrogen-bond donors (Lipinski definition) is 2. The predicted molar refractivity (Wildman–Crippen MR) is 58.0 cm³/mol. The number of thioether (sulfide) groups is 1. The molecule has 1 aromatic heterocycles. The second kappa shape index (κ2) is 5.15. The van der Waals surface area contributed by atoms with Gasteiger partial charge in [0.15, 0.2) is 0 Å². The van der Waals surface area contributed by atoms with Gasteiger partial charge in [-0.2, -0.15) is 0 Å². The molecule has 0 bridgehead atoms. The Morgan fingerprint density at radius 1 is 1.59 bits per heavy atom. The molecule has 1 aliphatic heterocycles. The molecule has 0 spiro atoms. The number of hydrogen-bond acceptors (Lipinski definition) is 7. The van der Waals surface area contributed by atoms with E-state index >= 15 is 0 Å². The van der Waals surface area contributed by atoms with Gasteiger partial charge in [0.05, 0.1) is 12.3 Å². The first-order valence-corrected chi connectivity index (χ1v) is 5.92. The summed E-state index contributed by atoms with van der Waals surface area (Å²) >= 11 is 1.09. The second-order valence-electron chi connectivity index (χ2n) is 3.23. The highest BCUT2D eigenvalue weighted by Gasteiger charge is 2.26. The Bertz CT molecular complexity index is 435. The van der Waals surface area contributed by atoms with Gasteiger partial charge in [0, 0.05) is 13.1 Å². The Hall–Kier alpha value is -1.61. The lowest BCUT2D eigenvalue weighted by atomic mass is 10.5. The standard InChI is InChI=1S/C8H11N5O3S/c9-3-5-11-12-8(16-5)17-4-6(14)13-2-1-10-7(13)15/h1-4,9H2,(H,10,15). The van der Waals surface area contributed by atoms with Crippen molar-refractivity contribution < 1.29 is 14.0 Å². The summed E-state index contributed by atoms with van der Waals surface area (Å²) in [5, 5.41) is 10.2. The summed E-state index contributed by atoms with van der Waals surface area (Å²) in [5.74, 6) is 0.121. The maximum absolute atomic E-state index is 11.6. The van der Waals surface area contributed by atoms with Crippen molar-refractivity contribution in [1.29, 1.82) is 0 Å². The molecule has 8 nitrogen and oxygen atoms in total. The first-order chi connectivity index (χ1) is 8.20. The molecule has 1 aromatic rings. The van der Waals surface area contributed by atoms with Gasteiger partial charge in [-0.15, -0.1) is 10.2 Å². The zero-order valence-corrected chi connectivity index (χ0v) is 9.70. The molecule has 2 rings (SSSR count). The van der Waals surface area contributed by atoms with E-state index in [4.69, 9.17) is 10.2 Å². The third-order valence-electron chi connectivity index (χ3n) is 2.10. The molecule has 0 aromatic carbocycles. The Balaban J connectivity index is 1.85. The van der Waals surface area contributed by atoms with Crippen molar-refractivity contribution in [1.82, 2.24) is 20.4 Å². The van der Waals surface area contributed by atoms with Crippen LogP contribution in [-0.2, 0) is 11.3 Å². The maximum atomic E-state index is 11.6. The van der Waals surface area contributed by atoms with Crippen LogP contribution in [0.25, 0.3) is 0 Å². The summed E-state index contributed by atoms with van der Waals surface area (Å²) in [5.41, 5.74) is 5.30. The van der Waals surface area contributed by atoms with Crippen molar-refractivity contribution in [2.24, 2.45) is 5.73 Å². The lowest BCUT2D eigenvalue weighted by Gasteiger charge is -2.10. The average molecular weight is 257 g/mol. The van der Waals surface area contributed by atoms with Crippen LogP contribution in [0.2, 0.25) is 0 Å². The molecule has 92 valence electrons. The minimum atomic E-state index is -0.358. The highest BCUT2D eigenvalue weighted by molar-refractivity contribution is 7.99. The van der Waals surface area contributed by atoms with Crippen LogP contribution in [0.3, 0.4) is 0 Å². The third-order valence-corrected chi connectivity index (χ3v) is 2.90. The van der Waals surface area contributed by atoms with Crippen molar-refractivity contribution >= 4 is 23.7 Å². The second-order valence-corrected chi connectivity index (χ2v) is 4.16. The van der Waals surface area contributed by atoms with Gasteiger partial charge < -0.3 is 15.5 Å². The number of amides is 3. The molecule has 0 unspecified atom stereocenters. The Labute approximate surface area is 101 Å². The van der Waals surface area contributed by atoms with Gasteiger partial charge in [0.2, 0.25) is 11.8 Å². The lowest BCUT2D eigenvalue weighted by molar-refractivity contribution is -0.124. The molecule has 0 saturated carbocycles. The molecular formula is C8H11N5O3S. The fourth-order valence-electron chi connectivity index (χ4n) is 1.29. The third kappa shape index (κ3) is 2.74. The van der Waals surface area contributed by atoms with E-state index < -0.39 is 0 Å². The highest BCUT2D eigenvalue weighted by atomic mass is 32.2. The van der Waals surface area contributed by atoms with Gasteiger partial charge in [-0.05, 0) is 0 Å². The summed E-state index contributed by atoms with van der Waals surface area (Å²) in [4.78, 5) is 24.0. The van der Waals surface area contributed by atoms with E-state index in [1.54, 1.807) is 0 Å². The van der Waals surface area contributed by atoms with Crippen LogP contribution in [0.1, 0.15) is 5.89 Å². The van der Waals surface area contributed by atoms with Gasteiger partial charge in [0.25, 0.3) is 5.22 Å². The largest absolute Gasteiger partial charge is 0.415 e. The lowest BCUT2D eigenvalue weighted by Crippen LogP contribution is -2.35. The quantitative estimate of drug-likeness (QED) is 0.676. The molecule has 9 heteroatoms. The van der Waals surface area contributed by atoms with Gasteiger partial charge >= 0.3 is 6.03 Å². The van der Waals surface area contributed by atoms with Crippen LogP contribution in [-0.4, -0.2) is 45.9 Å². The molecule has 0 radical (unpaired) electrons. The van der Waals surface area contributed by atoms with E-state index in [0.29, 0.717) is 19.0 Å². The average Bonchev–Trinajstić information content (AvgIpc) is 2.94. The molecule has 2 heterocycles. The first kappa shape index (κ1) is 11.9. The Kier molecular flexibility index (Phi) is 3.59. The predicted octanol–water partition coefficient (Wildman–Crippen LogP) is -0.828. The molecule has 1 fully saturated rings. The molecule has 0 aliphatic carbocycles. The van der Waals surface area contributed by atoms with Crippen molar-refractivity contribution in [2.45, 2.75) is 11.8 Å². The van der Waals surface area contributed by atoms with E-state index in [2.05, 4.69) is 15.5 Å². The van der Waals surface area contributed by atoms with Crippen molar-refractivity contribution in [3.05, 3.63) is 5.89 Å². The topological polar surface area (TPSA) is 114 Å². The highest BCUT2D eigenvalue weighted by Crippen LogP contribution is 2.16. The number of carbonyl (C=O) groups excluding carboxylic acids is 2. The van der Waals surface area contributed by atoms with Crippen LogP contribution in [0, 0.1) is 0 Å². The monoisotopic (exact) mass is 257 g/mol. The van der Waals surface area contributed by atoms with Crippen molar-refractivity contribution in [3.8, 4) is 0 Å². The number of imide groups is 1. The van der Waals surface area contributed by atoms with E-state index in [-0.39, 0.29) is 29.5 Å². The smallest absolute Gasteiger partial charge is 0.324 e. The summed E-state index contributed by atoms with van der Waals surface area (Å²) in [6.45, 7) is 1.05. The summed E-state index contributed by atoms with van der Waals surface area (Å²) in [7, 11) is 0. The molecule has 1 aliphatic rings. The van der Waals surface area contributed by atoms with E-state index in [9.17, 15) is 9.59 Å². The Morgan fingerprint density at radius 3 is 3.00 bits per heavy atom. The van der Waals surface area contributed by atoms with E-state index in [0.717, 1.165) is 16.7 Å². The Morgan fingerprint density at radius 2 is 2.41 bits per heavy atom. The van der Waals surface area contributed by atoms with Crippen LogP contribution in [0.5, 0.6) is 0 Å². The maximum Gasteiger partial charge on any atom is 0.324 e. The minimum Gasteiger partial charge on any atom is -0.415 e. The van der Waals surface area contributed by atoms with Gasteiger partial charge in [-0.1, -0.05) is 11.8 Å². The fourth-order valence-corrected chi connectivity index (χ4v) is 1.95. The van der Waals surface area contributed by atoms with Crippen molar-refractivity contribution in [2.75, 3.05) is 18.8 Å². The van der Waals surface area contributed by atoms with E-state index in [1.807, 2.05) is 0 Å². The summed E-state index contributed by atoms with van der Waals surface area (Å²) in [6.07, 6.45) is 0.